The Morgan fingerprint density at radius 1 is 0.300 bits per heavy atom. The van der Waals surface area contributed by atoms with Gasteiger partial charge < -0.3 is 9.47 Å². The van der Waals surface area contributed by atoms with Crippen LogP contribution in [0.15, 0.2) is 12.1 Å². The van der Waals surface area contributed by atoms with E-state index < -0.39 is 263 Å². The standard InChI is InChI=1S/C54H42F12N4O10/c55-51(56,57)47-31-15-3-16-24-23(15)39(71)67(40(24)72)7-11-1-12-8-68-41(73)25-17-4-18(26(25)42(68)74)34-33(17)49(53(61,62)63)37-21-6-22(38(37)50(34,80-49)54(64,65)66)30-29(21)45(77)70(46(30)78)9-13(11)2-14(12)10-69-43(75)27-19-5-20(28(27)44(69)76)36(35(19)47)48(79-47,32(16)31)52(58,59)60/h1-2,15-38H,3-10H2/t15-,16+,17-,18+,19+,20-,21+,22-,23-,24+,25-,26+,27+,28-,29+,30-,31-,32+,33-,34+,35+,36-,37+,38-,47?,48?,49?,50?. The van der Waals surface area contributed by atoms with Gasteiger partial charge in [0.1, 0.15) is 0 Å². The summed E-state index contributed by atoms with van der Waals surface area (Å²) in [5.41, 5.74) is -14.4. The van der Waals surface area contributed by atoms with Crippen molar-refractivity contribution in [3.8, 4) is 0 Å². The molecule has 1 aromatic rings. The van der Waals surface area contributed by atoms with E-state index in [0.717, 1.165) is 0 Å². The number of imide groups is 4. The van der Waals surface area contributed by atoms with Crippen LogP contribution in [0.25, 0.3) is 0 Å². The van der Waals surface area contributed by atoms with Crippen molar-refractivity contribution in [3.05, 3.63) is 34.4 Å². The number of halogens is 12. The van der Waals surface area contributed by atoms with Crippen molar-refractivity contribution in [2.24, 2.45) is 142 Å². The lowest BCUT2D eigenvalue weighted by molar-refractivity contribution is -0.330. The Morgan fingerprint density at radius 2 is 0.450 bits per heavy atom. The van der Waals surface area contributed by atoms with Crippen LogP contribution in [-0.2, 0) is 74.0 Å². The van der Waals surface area contributed by atoms with Crippen LogP contribution in [0.5, 0.6) is 0 Å². The molecule has 80 heavy (non-hydrogen) atoms. The molecule has 16 fully saturated rings. The number of hydrogen-bond donors (Lipinski definition) is 0. The molecule has 28 atom stereocenters. The number of ether oxygens (including phenoxy) is 2. The first-order valence-electron chi connectivity index (χ1n) is 27.7. The van der Waals surface area contributed by atoms with E-state index in [1.54, 1.807) is 0 Å². The second-order valence-electron chi connectivity index (χ2n) is 27.5. The molecule has 0 spiro atoms. The van der Waals surface area contributed by atoms with E-state index in [2.05, 4.69) is 0 Å². The second kappa shape index (κ2) is 12.8. The average Bonchev–Trinajstić information content (AvgIpc) is 1.89. The molecule has 4 unspecified atom stereocenters. The van der Waals surface area contributed by atoms with Crippen LogP contribution in [0.2, 0.25) is 0 Å². The maximum Gasteiger partial charge on any atom is 0.418 e. The lowest BCUT2D eigenvalue weighted by Crippen LogP contribution is -2.66. The molecular weight excluding hydrogens is 1090 g/mol. The van der Waals surface area contributed by atoms with Gasteiger partial charge in [-0.05, 0) is 95.3 Å². The topological polar surface area (TPSA) is 168 Å². The van der Waals surface area contributed by atoms with Crippen molar-refractivity contribution < 1.29 is 101 Å². The smallest absolute Gasteiger partial charge is 0.348 e. The third-order valence-electron chi connectivity index (χ3n) is 26.3. The first-order chi connectivity index (χ1) is 37.5. The summed E-state index contributed by atoms with van der Waals surface area (Å²) in [6.07, 6.45) is -23.4. The summed E-state index contributed by atoms with van der Waals surface area (Å²) in [5, 5.41) is 0. The molecular formula is C54H42F12N4O10. The number of hydrogen-bond acceptors (Lipinski definition) is 10. The lowest BCUT2D eigenvalue weighted by Gasteiger charge is -2.53. The van der Waals surface area contributed by atoms with Gasteiger partial charge in [0.25, 0.3) is 0 Å². The van der Waals surface area contributed by atoms with E-state index >= 15 is 91.0 Å². The summed E-state index contributed by atoms with van der Waals surface area (Å²) in [5.74, 6) is -48.2. The first-order valence-corrected chi connectivity index (χ1v) is 27.7. The minimum absolute atomic E-state index is 0.0871. The molecule has 422 valence electrons. The van der Waals surface area contributed by atoms with Crippen molar-refractivity contribution in [2.45, 2.75) is 99.0 Å². The molecule has 26 heteroatoms. The Bertz CT molecular complexity index is 2830. The molecule has 8 aliphatic carbocycles. The predicted octanol–water partition coefficient (Wildman–Crippen LogP) is 4.94. The molecule has 8 saturated heterocycles. The molecule has 8 amide bonds. The van der Waals surface area contributed by atoms with E-state index in [9.17, 15) is 0 Å². The van der Waals surface area contributed by atoms with E-state index in [1.807, 2.05) is 0 Å². The van der Waals surface area contributed by atoms with E-state index in [-0.39, 0.29) is 47.9 Å². The molecule has 14 nitrogen and oxygen atoms in total. The number of amides is 8. The summed E-state index contributed by atoms with van der Waals surface area (Å²) in [6.45, 7) is -3.19. The maximum atomic E-state index is 16.4. The highest BCUT2D eigenvalue weighted by molar-refractivity contribution is 6.09. The highest BCUT2D eigenvalue weighted by atomic mass is 19.4. The molecule has 28 bridgehead atoms. The Morgan fingerprint density at radius 3 is 0.588 bits per heavy atom. The summed E-state index contributed by atoms with van der Waals surface area (Å²) in [7, 11) is 0. The Balaban J connectivity index is 0.818. The summed E-state index contributed by atoms with van der Waals surface area (Å²) in [6, 6.07) is 2.62. The SMILES string of the molecule is O=C1[C@@H]2[C@H]3C[C@H]4[C@@H]2C(=O)N1Cc1cc2c(cc1CN1C(=O)[C@@H]5[C@H]6C[C@@H]([C@@H]5C1=O)[C@H]1[C@@H]6C5(C(F)(F)F)OC1(C(F)(F)F)[C@@H]1[C@@H]6C[C@@H]([C@@H]7C(=O)N(C2)C(=O)[C@H]67)[C@@H]15)CN1C(=O)[C@@H]2[C@H]5C[C@@H]([C@@H]2C1=O)[C@H]1[C@@H]5C2(C(F)(F)F)OC1(C(F)(F)F)[C@H]3[C@H]42. The summed E-state index contributed by atoms with van der Waals surface area (Å²) in [4.78, 5) is 123. The average molecular weight is 1130 g/mol. The van der Waals surface area contributed by atoms with Gasteiger partial charge in [0, 0.05) is 47.3 Å². The number of nitrogens with zero attached hydrogens (tertiary/aromatic N) is 4. The fourth-order valence-corrected chi connectivity index (χ4v) is 25.3. The highest BCUT2D eigenvalue weighted by Crippen LogP contribution is 2.89. The van der Waals surface area contributed by atoms with Gasteiger partial charge in [-0.1, -0.05) is 12.1 Å². The summed E-state index contributed by atoms with van der Waals surface area (Å²) >= 11 is 0. The largest absolute Gasteiger partial charge is 0.418 e. The van der Waals surface area contributed by atoms with Gasteiger partial charge in [-0.15, -0.1) is 0 Å². The predicted molar refractivity (Wildman–Crippen MR) is 228 cm³/mol. The first kappa shape index (κ1) is 47.4. The molecule has 0 N–H and O–H groups in total. The Labute approximate surface area is 441 Å². The van der Waals surface area contributed by atoms with Gasteiger partial charge >= 0.3 is 24.7 Å². The zero-order valence-electron chi connectivity index (χ0n) is 41.1. The van der Waals surface area contributed by atoms with Crippen LogP contribution in [0.3, 0.4) is 0 Å². The zero-order chi connectivity index (χ0) is 55.6. The van der Waals surface area contributed by atoms with Crippen LogP contribution in [-0.4, -0.2) is 114 Å². The molecule has 1 aromatic carbocycles. The van der Waals surface area contributed by atoms with Crippen molar-refractivity contribution >= 4 is 47.3 Å². The minimum atomic E-state index is -5.50. The van der Waals surface area contributed by atoms with Gasteiger partial charge in [0.15, 0.2) is 22.4 Å². The zero-order valence-corrected chi connectivity index (χ0v) is 41.1. The monoisotopic (exact) mass is 1130 g/mol. The molecule has 0 aromatic heterocycles. The van der Waals surface area contributed by atoms with Gasteiger partial charge in [0.05, 0.1) is 73.5 Å². The molecule has 16 heterocycles. The normalized spacial score (nSPS) is 54.5. The van der Waals surface area contributed by atoms with Crippen molar-refractivity contribution in [1.29, 1.82) is 0 Å². The maximum absolute atomic E-state index is 16.4. The number of benzene rings is 1. The quantitative estimate of drug-likeness (QED) is 0.257. The number of rotatable bonds is 0. The minimum Gasteiger partial charge on any atom is -0.348 e. The fraction of sp³-hybridized carbons (Fsp3) is 0.741. The molecule has 24 aliphatic rings. The van der Waals surface area contributed by atoms with E-state index in [0.29, 0.717) is 19.6 Å². The van der Waals surface area contributed by atoms with Crippen molar-refractivity contribution in [3.63, 3.8) is 0 Å². The molecule has 16 aliphatic heterocycles. The Kier molecular flexibility index (Phi) is 7.59. The lowest BCUT2D eigenvalue weighted by atomic mass is 9.46. The van der Waals surface area contributed by atoms with Gasteiger partial charge in [-0.3, -0.25) is 58.0 Å². The van der Waals surface area contributed by atoms with Crippen molar-refractivity contribution in [2.75, 3.05) is 0 Å². The fourth-order valence-electron chi connectivity index (χ4n) is 25.3. The molecule has 8 saturated carbocycles. The van der Waals surface area contributed by atoms with E-state index in [1.165, 1.54) is 12.1 Å². The second-order valence-corrected chi connectivity index (χ2v) is 27.5. The molecule has 0 radical (unpaired) electrons. The van der Waals surface area contributed by atoms with Crippen LogP contribution >= 0.6 is 0 Å². The molecule has 25 rings (SSSR count). The Hall–Kier alpha value is -5.14. The van der Waals surface area contributed by atoms with Crippen LogP contribution in [0.4, 0.5) is 52.7 Å². The third-order valence-corrected chi connectivity index (χ3v) is 26.3. The van der Waals surface area contributed by atoms with Crippen LogP contribution in [0, 0.1) is 142 Å². The van der Waals surface area contributed by atoms with E-state index in [4.69, 9.17) is 9.47 Å². The third kappa shape index (κ3) is 4.21. The number of alkyl halides is 12. The van der Waals surface area contributed by atoms with Crippen LogP contribution in [0.1, 0.15) is 47.9 Å². The van der Waals surface area contributed by atoms with Gasteiger partial charge in [-0.25, -0.2) is 0 Å². The van der Waals surface area contributed by atoms with Gasteiger partial charge in [-0.2, -0.15) is 52.7 Å². The van der Waals surface area contributed by atoms with Crippen molar-refractivity contribution in [1.82, 2.24) is 19.6 Å². The number of carbonyl (C=O) groups excluding carboxylic acids is 8. The highest BCUT2D eigenvalue weighted by Gasteiger charge is 3.00. The summed E-state index contributed by atoms with van der Waals surface area (Å²) < 4.78 is 208. The van der Waals surface area contributed by atoms with Crippen LogP contribution < -0.4 is 0 Å². The van der Waals surface area contributed by atoms with Gasteiger partial charge in [0.2, 0.25) is 47.3 Å². The number of carbonyl (C=O) groups is 8.